The van der Waals surface area contributed by atoms with Gasteiger partial charge in [0.05, 0.1) is 30.0 Å². The first-order valence-electron chi connectivity index (χ1n) is 7.03. The molecule has 8 heteroatoms. The van der Waals surface area contributed by atoms with E-state index in [0.717, 1.165) is 25.0 Å². The fraction of sp³-hybridized carbons (Fsp3) is 0.429. The van der Waals surface area contributed by atoms with Crippen LogP contribution in [0.2, 0.25) is 0 Å². The van der Waals surface area contributed by atoms with Gasteiger partial charge in [0.15, 0.2) is 5.75 Å². The predicted molar refractivity (Wildman–Crippen MR) is 77.1 cm³/mol. The lowest BCUT2D eigenvalue weighted by molar-refractivity contribution is -0.385. The monoisotopic (exact) mass is 304 g/mol. The van der Waals surface area contributed by atoms with E-state index < -0.39 is 4.92 Å². The molecule has 1 heterocycles. The number of nitro benzene ring substituents is 1. The average molecular weight is 304 g/mol. The van der Waals surface area contributed by atoms with E-state index in [0.29, 0.717) is 17.3 Å². The first kappa shape index (κ1) is 14.5. The van der Waals surface area contributed by atoms with Crippen LogP contribution in [0.3, 0.4) is 0 Å². The van der Waals surface area contributed by atoms with Gasteiger partial charge in [-0.25, -0.2) is 4.68 Å². The SMILES string of the molecule is COc1ccc(-n2nnc(CO)c2C2CCC2)cc1[N+](=O)[O-]. The lowest BCUT2D eigenvalue weighted by Crippen LogP contribution is -2.16. The van der Waals surface area contributed by atoms with Crippen LogP contribution in [-0.2, 0) is 6.61 Å². The molecule has 1 aromatic carbocycles. The molecule has 8 nitrogen and oxygen atoms in total. The zero-order valence-electron chi connectivity index (χ0n) is 12.1. The summed E-state index contributed by atoms with van der Waals surface area (Å²) in [6.07, 6.45) is 3.15. The highest BCUT2D eigenvalue weighted by molar-refractivity contribution is 5.53. The second kappa shape index (κ2) is 5.72. The van der Waals surface area contributed by atoms with Crippen molar-refractivity contribution in [3.05, 3.63) is 39.7 Å². The van der Waals surface area contributed by atoms with Gasteiger partial charge in [-0.3, -0.25) is 10.1 Å². The van der Waals surface area contributed by atoms with Crippen LogP contribution in [0.15, 0.2) is 18.2 Å². The lowest BCUT2D eigenvalue weighted by Gasteiger charge is -2.26. The standard InChI is InChI=1S/C14H16N4O4/c1-22-13-6-5-10(7-12(13)18(20)21)17-14(9-3-2-4-9)11(8-19)15-16-17/h5-7,9,19H,2-4,8H2,1H3. The Labute approximate surface area is 126 Å². The third-order valence-corrected chi connectivity index (χ3v) is 4.02. The largest absolute Gasteiger partial charge is 0.490 e. The van der Waals surface area contributed by atoms with Crippen LogP contribution >= 0.6 is 0 Å². The third kappa shape index (κ3) is 2.31. The summed E-state index contributed by atoms with van der Waals surface area (Å²) in [5.41, 5.74) is 1.79. The van der Waals surface area contributed by atoms with E-state index in [-0.39, 0.29) is 18.0 Å². The Balaban J connectivity index is 2.09. The average Bonchev–Trinajstić information content (AvgIpc) is 2.88. The van der Waals surface area contributed by atoms with Gasteiger partial charge in [-0.1, -0.05) is 11.6 Å². The molecule has 3 rings (SSSR count). The van der Waals surface area contributed by atoms with Gasteiger partial charge in [-0.2, -0.15) is 0 Å². The zero-order chi connectivity index (χ0) is 15.7. The third-order valence-electron chi connectivity index (χ3n) is 4.02. The van der Waals surface area contributed by atoms with E-state index in [1.807, 2.05) is 0 Å². The molecule has 0 spiro atoms. The number of methoxy groups -OCH3 is 1. The van der Waals surface area contributed by atoms with Gasteiger partial charge in [0.1, 0.15) is 5.69 Å². The molecule has 0 radical (unpaired) electrons. The molecule has 22 heavy (non-hydrogen) atoms. The summed E-state index contributed by atoms with van der Waals surface area (Å²) >= 11 is 0. The molecule has 0 amide bonds. The van der Waals surface area contributed by atoms with Crippen molar-refractivity contribution in [3.63, 3.8) is 0 Å². The van der Waals surface area contributed by atoms with Crippen LogP contribution < -0.4 is 4.74 Å². The number of rotatable bonds is 5. The Morgan fingerprint density at radius 2 is 2.27 bits per heavy atom. The molecule has 0 aliphatic heterocycles. The summed E-state index contributed by atoms with van der Waals surface area (Å²) < 4.78 is 6.59. The van der Waals surface area contributed by atoms with Crippen molar-refractivity contribution in [3.8, 4) is 11.4 Å². The minimum Gasteiger partial charge on any atom is -0.490 e. The maximum atomic E-state index is 11.2. The molecule has 0 atom stereocenters. The van der Waals surface area contributed by atoms with Crippen molar-refractivity contribution < 1.29 is 14.8 Å². The number of nitro groups is 1. The second-order valence-corrected chi connectivity index (χ2v) is 5.23. The Morgan fingerprint density at radius 3 is 2.82 bits per heavy atom. The molecule has 2 aromatic rings. The van der Waals surface area contributed by atoms with Gasteiger partial charge in [-0.05, 0) is 25.0 Å². The van der Waals surface area contributed by atoms with Crippen molar-refractivity contribution in [1.29, 1.82) is 0 Å². The summed E-state index contributed by atoms with van der Waals surface area (Å²) in [6, 6.07) is 4.65. The smallest absolute Gasteiger partial charge is 0.313 e. The normalized spacial score (nSPS) is 14.6. The first-order chi connectivity index (χ1) is 10.7. The first-order valence-corrected chi connectivity index (χ1v) is 7.03. The predicted octanol–water partition coefficient (Wildman–Crippen LogP) is 1.94. The van der Waals surface area contributed by atoms with Gasteiger partial charge in [0, 0.05) is 12.0 Å². The van der Waals surface area contributed by atoms with Gasteiger partial charge in [0.25, 0.3) is 0 Å². The molecule has 0 saturated heterocycles. The summed E-state index contributed by atoms with van der Waals surface area (Å²) in [6.45, 7) is -0.190. The highest BCUT2D eigenvalue weighted by atomic mass is 16.6. The molecule has 116 valence electrons. The van der Waals surface area contributed by atoms with E-state index >= 15 is 0 Å². The van der Waals surface area contributed by atoms with Crippen molar-refractivity contribution >= 4 is 5.69 Å². The Bertz CT molecular complexity index is 709. The number of hydrogen-bond acceptors (Lipinski definition) is 6. The molecular weight excluding hydrogens is 288 g/mol. The van der Waals surface area contributed by atoms with Crippen LogP contribution in [0, 0.1) is 10.1 Å². The molecule has 1 saturated carbocycles. The van der Waals surface area contributed by atoms with Crippen molar-refractivity contribution in [2.45, 2.75) is 31.8 Å². The van der Waals surface area contributed by atoms with Gasteiger partial charge < -0.3 is 9.84 Å². The Morgan fingerprint density at radius 1 is 1.50 bits per heavy atom. The van der Waals surface area contributed by atoms with Gasteiger partial charge >= 0.3 is 5.69 Å². The quantitative estimate of drug-likeness (QED) is 0.669. The van der Waals surface area contributed by atoms with E-state index in [4.69, 9.17) is 4.74 Å². The van der Waals surface area contributed by atoms with Crippen LogP contribution in [0.25, 0.3) is 5.69 Å². The summed E-state index contributed by atoms with van der Waals surface area (Å²) in [7, 11) is 1.39. The van der Waals surface area contributed by atoms with E-state index in [9.17, 15) is 15.2 Å². The molecule has 0 unspecified atom stereocenters. The van der Waals surface area contributed by atoms with Crippen LogP contribution in [-0.4, -0.2) is 32.1 Å². The van der Waals surface area contributed by atoms with Crippen molar-refractivity contribution in [1.82, 2.24) is 15.0 Å². The minimum atomic E-state index is -0.491. The Kier molecular flexibility index (Phi) is 3.76. The fourth-order valence-corrected chi connectivity index (χ4v) is 2.67. The zero-order valence-corrected chi connectivity index (χ0v) is 12.1. The number of benzene rings is 1. The van der Waals surface area contributed by atoms with Crippen LogP contribution in [0.1, 0.15) is 36.6 Å². The molecule has 1 N–H and O–H groups in total. The molecular formula is C14H16N4O4. The molecule has 1 aromatic heterocycles. The van der Waals surface area contributed by atoms with Gasteiger partial charge in [0.2, 0.25) is 0 Å². The molecule has 1 fully saturated rings. The molecule has 1 aliphatic carbocycles. The molecule has 0 bridgehead atoms. The van der Waals surface area contributed by atoms with Crippen LogP contribution in [0.5, 0.6) is 5.75 Å². The fourth-order valence-electron chi connectivity index (χ4n) is 2.67. The summed E-state index contributed by atoms with van der Waals surface area (Å²) in [5, 5.41) is 28.6. The highest BCUT2D eigenvalue weighted by Gasteiger charge is 2.28. The van der Waals surface area contributed by atoms with Crippen LogP contribution in [0.4, 0.5) is 5.69 Å². The van der Waals surface area contributed by atoms with E-state index in [1.54, 1.807) is 10.7 Å². The minimum absolute atomic E-state index is 0.124. The number of aliphatic hydroxyl groups excluding tert-OH is 1. The lowest BCUT2D eigenvalue weighted by atomic mass is 9.82. The van der Waals surface area contributed by atoms with E-state index in [2.05, 4.69) is 10.3 Å². The number of aliphatic hydroxyl groups is 1. The number of hydrogen-bond donors (Lipinski definition) is 1. The highest BCUT2D eigenvalue weighted by Crippen LogP contribution is 2.39. The maximum Gasteiger partial charge on any atom is 0.313 e. The maximum absolute atomic E-state index is 11.2. The van der Waals surface area contributed by atoms with E-state index in [1.165, 1.54) is 19.2 Å². The van der Waals surface area contributed by atoms with Crippen molar-refractivity contribution in [2.75, 3.05) is 7.11 Å². The van der Waals surface area contributed by atoms with Gasteiger partial charge in [-0.15, -0.1) is 5.10 Å². The second-order valence-electron chi connectivity index (χ2n) is 5.23. The summed E-state index contributed by atoms with van der Waals surface area (Å²) in [5.74, 6) is 0.486. The van der Waals surface area contributed by atoms with Crippen molar-refractivity contribution in [2.24, 2.45) is 0 Å². The number of aromatic nitrogens is 3. The summed E-state index contributed by atoms with van der Waals surface area (Å²) in [4.78, 5) is 10.7. The Hall–Kier alpha value is -2.48. The topological polar surface area (TPSA) is 103 Å². The number of nitrogens with zero attached hydrogens (tertiary/aromatic N) is 4. The number of ether oxygens (including phenoxy) is 1. The molecule has 1 aliphatic rings.